The van der Waals surface area contributed by atoms with E-state index >= 15 is 0 Å². The highest BCUT2D eigenvalue weighted by atomic mass is 35.5. The minimum atomic E-state index is -0.0568. The van der Waals surface area contributed by atoms with Crippen molar-refractivity contribution < 1.29 is 0 Å². The topological polar surface area (TPSA) is 23.8 Å². The Kier molecular flexibility index (Phi) is 3.79. The van der Waals surface area contributed by atoms with Crippen molar-refractivity contribution in [1.29, 1.82) is 5.26 Å². The van der Waals surface area contributed by atoms with Crippen molar-refractivity contribution in [2.45, 2.75) is 25.7 Å². The fourth-order valence-corrected chi connectivity index (χ4v) is 1.60. The zero-order valence-electron chi connectivity index (χ0n) is 7.63. The summed E-state index contributed by atoms with van der Waals surface area (Å²) in [5.74, 6) is -0.0568. The number of hydrogen-bond acceptors (Lipinski definition) is 1. The average molecular weight is 194 g/mol. The smallest absolute Gasteiger partial charge is 0.0727 e. The van der Waals surface area contributed by atoms with Gasteiger partial charge in [0.15, 0.2) is 0 Å². The Morgan fingerprint density at radius 3 is 2.69 bits per heavy atom. The van der Waals surface area contributed by atoms with E-state index in [4.69, 9.17) is 16.9 Å². The van der Waals surface area contributed by atoms with Gasteiger partial charge in [-0.2, -0.15) is 5.26 Å². The van der Waals surface area contributed by atoms with E-state index < -0.39 is 0 Å². The van der Waals surface area contributed by atoms with E-state index in [9.17, 15) is 0 Å². The minimum Gasteiger partial charge on any atom is -0.198 e. The second kappa shape index (κ2) is 4.89. The number of rotatable bonds is 3. The maximum Gasteiger partial charge on any atom is 0.0727 e. The highest BCUT2D eigenvalue weighted by molar-refractivity contribution is 6.31. The standard InChI is InChI=1S/C11H12ClN/c1-2-5-9(8-13)10-6-3-4-7-11(10)12/h3-4,6-7,9H,2,5H2,1H3. The van der Waals surface area contributed by atoms with Gasteiger partial charge in [-0.1, -0.05) is 43.1 Å². The Labute approximate surface area is 84.0 Å². The lowest BCUT2D eigenvalue weighted by Gasteiger charge is -2.08. The molecule has 0 aliphatic carbocycles. The van der Waals surface area contributed by atoms with Crippen LogP contribution in [-0.4, -0.2) is 0 Å². The number of nitrogens with zero attached hydrogens (tertiary/aromatic N) is 1. The van der Waals surface area contributed by atoms with Gasteiger partial charge in [-0.3, -0.25) is 0 Å². The molecule has 0 aliphatic heterocycles. The third-order valence-corrected chi connectivity index (χ3v) is 2.36. The number of halogens is 1. The molecule has 0 saturated carbocycles. The molecule has 1 unspecified atom stereocenters. The molecule has 13 heavy (non-hydrogen) atoms. The minimum absolute atomic E-state index is 0.0568. The molecule has 68 valence electrons. The Hall–Kier alpha value is -1.00. The molecule has 1 nitrogen and oxygen atoms in total. The van der Waals surface area contributed by atoms with Crippen LogP contribution in [0, 0.1) is 11.3 Å². The molecule has 0 fully saturated rings. The molecule has 0 spiro atoms. The molecular formula is C11H12ClN. The Morgan fingerprint density at radius 2 is 2.15 bits per heavy atom. The molecule has 0 amide bonds. The summed E-state index contributed by atoms with van der Waals surface area (Å²) in [7, 11) is 0. The maximum absolute atomic E-state index is 8.93. The lowest BCUT2D eigenvalue weighted by molar-refractivity contribution is 0.727. The molecule has 0 heterocycles. The first kappa shape index (κ1) is 10.1. The first-order valence-electron chi connectivity index (χ1n) is 4.43. The van der Waals surface area contributed by atoms with Gasteiger partial charge in [0, 0.05) is 5.02 Å². The second-order valence-corrected chi connectivity index (χ2v) is 3.40. The lowest BCUT2D eigenvalue weighted by atomic mass is 9.96. The van der Waals surface area contributed by atoms with E-state index in [0.29, 0.717) is 5.02 Å². The molecule has 0 bridgehead atoms. The summed E-state index contributed by atoms with van der Waals surface area (Å²) in [6.07, 6.45) is 1.88. The highest BCUT2D eigenvalue weighted by Gasteiger charge is 2.11. The largest absolute Gasteiger partial charge is 0.198 e. The molecule has 0 radical (unpaired) electrons. The zero-order valence-corrected chi connectivity index (χ0v) is 8.38. The fourth-order valence-electron chi connectivity index (χ4n) is 1.34. The highest BCUT2D eigenvalue weighted by Crippen LogP contribution is 2.26. The SMILES string of the molecule is CCCC(C#N)c1ccccc1Cl. The van der Waals surface area contributed by atoms with E-state index in [1.807, 2.05) is 24.3 Å². The third kappa shape index (κ3) is 2.47. The summed E-state index contributed by atoms with van der Waals surface area (Å²) in [6.45, 7) is 2.07. The quantitative estimate of drug-likeness (QED) is 0.718. The second-order valence-electron chi connectivity index (χ2n) is 2.99. The molecule has 1 rings (SSSR count). The third-order valence-electron chi connectivity index (χ3n) is 2.01. The Bertz CT molecular complexity index is 314. The van der Waals surface area contributed by atoms with Crippen LogP contribution >= 0.6 is 11.6 Å². The number of nitriles is 1. The summed E-state index contributed by atoms with van der Waals surface area (Å²) in [5, 5.41) is 9.62. The van der Waals surface area contributed by atoms with Crippen LogP contribution in [0.4, 0.5) is 0 Å². The van der Waals surface area contributed by atoms with Crippen molar-refractivity contribution in [2.24, 2.45) is 0 Å². The fraction of sp³-hybridized carbons (Fsp3) is 0.364. The van der Waals surface area contributed by atoms with Crippen LogP contribution in [0.15, 0.2) is 24.3 Å². The van der Waals surface area contributed by atoms with Gasteiger partial charge in [0.1, 0.15) is 0 Å². The molecule has 0 aliphatic rings. The van der Waals surface area contributed by atoms with Crippen molar-refractivity contribution >= 4 is 11.6 Å². The van der Waals surface area contributed by atoms with Crippen LogP contribution in [0.5, 0.6) is 0 Å². The van der Waals surface area contributed by atoms with Crippen molar-refractivity contribution in [3.63, 3.8) is 0 Å². The average Bonchev–Trinajstić information content (AvgIpc) is 2.16. The molecule has 0 N–H and O–H groups in total. The van der Waals surface area contributed by atoms with Crippen molar-refractivity contribution in [3.8, 4) is 6.07 Å². The van der Waals surface area contributed by atoms with E-state index in [-0.39, 0.29) is 5.92 Å². The van der Waals surface area contributed by atoms with Crippen LogP contribution in [0.2, 0.25) is 5.02 Å². The number of benzene rings is 1. The first-order valence-corrected chi connectivity index (χ1v) is 4.81. The van der Waals surface area contributed by atoms with Crippen LogP contribution in [-0.2, 0) is 0 Å². The Morgan fingerprint density at radius 1 is 1.46 bits per heavy atom. The summed E-state index contributed by atoms with van der Waals surface area (Å²) < 4.78 is 0. The molecule has 1 atom stereocenters. The summed E-state index contributed by atoms with van der Waals surface area (Å²) in [5.41, 5.74) is 0.952. The summed E-state index contributed by atoms with van der Waals surface area (Å²) >= 11 is 5.98. The predicted octanol–water partition coefficient (Wildman–Crippen LogP) is 3.75. The molecule has 2 heteroatoms. The molecule has 1 aromatic carbocycles. The first-order chi connectivity index (χ1) is 6.29. The monoisotopic (exact) mass is 193 g/mol. The van der Waals surface area contributed by atoms with E-state index in [2.05, 4.69) is 13.0 Å². The maximum atomic E-state index is 8.93. The summed E-state index contributed by atoms with van der Waals surface area (Å²) in [4.78, 5) is 0. The van der Waals surface area contributed by atoms with Gasteiger partial charge in [-0.15, -0.1) is 0 Å². The number of hydrogen-bond donors (Lipinski definition) is 0. The van der Waals surface area contributed by atoms with Gasteiger partial charge in [0.05, 0.1) is 12.0 Å². The predicted molar refractivity (Wildman–Crippen MR) is 54.7 cm³/mol. The zero-order chi connectivity index (χ0) is 9.68. The Balaban J connectivity index is 2.92. The molecule has 0 aromatic heterocycles. The van der Waals surface area contributed by atoms with Crippen molar-refractivity contribution in [1.82, 2.24) is 0 Å². The van der Waals surface area contributed by atoms with E-state index in [0.717, 1.165) is 18.4 Å². The van der Waals surface area contributed by atoms with Gasteiger partial charge in [-0.05, 0) is 18.1 Å². The molecule has 0 saturated heterocycles. The van der Waals surface area contributed by atoms with Gasteiger partial charge in [-0.25, -0.2) is 0 Å². The van der Waals surface area contributed by atoms with Gasteiger partial charge in [0.2, 0.25) is 0 Å². The van der Waals surface area contributed by atoms with Crippen LogP contribution in [0.3, 0.4) is 0 Å². The molecule has 1 aromatic rings. The van der Waals surface area contributed by atoms with E-state index in [1.165, 1.54) is 0 Å². The van der Waals surface area contributed by atoms with Gasteiger partial charge >= 0.3 is 0 Å². The van der Waals surface area contributed by atoms with Crippen LogP contribution in [0.25, 0.3) is 0 Å². The lowest BCUT2D eigenvalue weighted by Crippen LogP contribution is -1.95. The van der Waals surface area contributed by atoms with E-state index in [1.54, 1.807) is 0 Å². The van der Waals surface area contributed by atoms with Gasteiger partial charge in [0.25, 0.3) is 0 Å². The van der Waals surface area contributed by atoms with Crippen LogP contribution in [0.1, 0.15) is 31.2 Å². The van der Waals surface area contributed by atoms with Gasteiger partial charge < -0.3 is 0 Å². The molecular weight excluding hydrogens is 182 g/mol. The van der Waals surface area contributed by atoms with Crippen molar-refractivity contribution in [3.05, 3.63) is 34.9 Å². The van der Waals surface area contributed by atoms with Crippen LogP contribution < -0.4 is 0 Å². The van der Waals surface area contributed by atoms with Crippen molar-refractivity contribution in [2.75, 3.05) is 0 Å². The normalized spacial score (nSPS) is 12.1. The summed E-state index contributed by atoms with van der Waals surface area (Å²) in [6, 6.07) is 9.83.